The first kappa shape index (κ1) is 27.9. The van der Waals surface area contributed by atoms with Gasteiger partial charge in [0.1, 0.15) is 11.5 Å². The molecule has 2 heterocycles. The van der Waals surface area contributed by atoms with Crippen molar-refractivity contribution in [2.45, 2.75) is 50.8 Å². The number of ether oxygens (including phenoxy) is 1. The number of hydrogen-bond acceptors (Lipinski definition) is 6. The van der Waals surface area contributed by atoms with Crippen LogP contribution in [0.3, 0.4) is 0 Å². The highest BCUT2D eigenvalue weighted by Gasteiger charge is 2.34. The second-order valence-electron chi connectivity index (χ2n) is 8.79. The van der Waals surface area contributed by atoms with Crippen LogP contribution in [0.4, 0.5) is 18.9 Å². The molecule has 0 atom stereocenters. The molecule has 8 nitrogen and oxygen atoms in total. The Labute approximate surface area is 225 Å². The van der Waals surface area contributed by atoms with E-state index in [0.29, 0.717) is 52.9 Å². The molecule has 2 N–H and O–H groups in total. The Bertz CT molecular complexity index is 1320. The maximum atomic E-state index is 13.1. The third-order valence-electron chi connectivity index (χ3n) is 5.84. The van der Waals surface area contributed by atoms with Gasteiger partial charge >= 0.3 is 12.1 Å². The number of nitrogens with one attached hydrogen (secondary N) is 1. The van der Waals surface area contributed by atoms with Crippen LogP contribution in [0.5, 0.6) is 0 Å². The van der Waals surface area contributed by atoms with Crippen LogP contribution in [0.1, 0.15) is 65.3 Å². The number of carbonyl (C=O) groups excluding carboxylic acids is 1. The molecule has 202 valence electrons. The highest BCUT2D eigenvalue weighted by atomic mass is 35.5. The molecule has 0 saturated heterocycles. The van der Waals surface area contributed by atoms with Gasteiger partial charge in [0.2, 0.25) is 5.91 Å². The Hall–Kier alpha value is -3.15. The van der Waals surface area contributed by atoms with Crippen LogP contribution in [0, 0.1) is 0 Å². The number of carboxylic acid groups (broad SMARTS) is 1. The van der Waals surface area contributed by atoms with Gasteiger partial charge < -0.3 is 19.7 Å². The maximum absolute atomic E-state index is 13.1. The van der Waals surface area contributed by atoms with E-state index in [1.807, 2.05) is 0 Å². The van der Waals surface area contributed by atoms with Gasteiger partial charge in [-0.15, -0.1) is 0 Å². The summed E-state index contributed by atoms with van der Waals surface area (Å²) in [6.07, 6.45) is 1.04. The minimum atomic E-state index is -4.75. The number of carboxylic acids is 1. The molecule has 4 rings (SSSR count). The van der Waals surface area contributed by atoms with E-state index in [2.05, 4.69) is 15.5 Å². The summed E-state index contributed by atoms with van der Waals surface area (Å²) in [5.41, 5.74) is -0.218. The van der Waals surface area contributed by atoms with Gasteiger partial charge in [-0.25, -0.2) is 4.79 Å². The molecule has 13 heteroatoms. The van der Waals surface area contributed by atoms with Crippen molar-refractivity contribution in [2.75, 3.05) is 11.9 Å². The Morgan fingerprint density at radius 3 is 2.47 bits per heavy atom. The van der Waals surface area contributed by atoms with Crippen molar-refractivity contribution in [2.24, 2.45) is 0 Å². The Balaban J connectivity index is 1.30. The van der Waals surface area contributed by atoms with Gasteiger partial charge in [0.05, 0.1) is 27.8 Å². The second kappa shape index (κ2) is 11.7. The number of nitrogens with zero attached hydrogens (tertiary/aromatic N) is 2. The molecule has 0 spiro atoms. The Kier molecular flexibility index (Phi) is 8.59. The molecule has 1 aromatic carbocycles. The average molecular weight is 572 g/mol. The summed E-state index contributed by atoms with van der Waals surface area (Å²) < 4.78 is 50.6. The van der Waals surface area contributed by atoms with Gasteiger partial charge in [0, 0.05) is 48.2 Å². The van der Waals surface area contributed by atoms with E-state index < -0.39 is 29.2 Å². The summed E-state index contributed by atoms with van der Waals surface area (Å²) in [6, 6.07) is 2.19. The van der Waals surface area contributed by atoms with Crippen LogP contribution in [-0.4, -0.2) is 33.7 Å². The number of pyridine rings is 1. The Morgan fingerprint density at radius 2 is 1.84 bits per heavy atom. The van der Waals surface area contributed by atoms with Gasteiger partial charge in [-0.3, -0.25) is 9.78 Å². The fraction of sp³-hybridized carbons (Fsp3) is 0.360. The molecule has 2 aromatic heterocycles. The van der Waals surface area contributed by atoms with Gasteiger partial charge in [-0.05, 0) is 43.9 Å². The molecular weight excluding hydrogens is 550 g/mol. The third-order valence-corrected chi connectivity index (χ3v) is 6.41. The summed E-state index contributed by atoms with van der Waals surface area (Å²) in [5, 5.41) is 16.2. The van der Waals surface area contributed by atoms with Gasteiger partial charge in [-0.1, -0.05) is 28.4 Å². The zero-order chi connectivity index (χ0) is 27.4. The minimum Gasteiger partial charge on any atom is -0.478 e. The number of rotatable bonds is 11. The smallest absolute Gasteiger partial charge is 0.416 e. The molecule has 1 aliphatic carbocycles. The predicted molar refractivity (Wildman–Crippen MR) is 132 cm³/mol. The SMILES string of the molecule is O=C(CCCCOCc1c(-c2c(Cl)cncc2Cl)noc1C1CC1)Nc1cc(C(=O)O)cc(C(F)(F)F)c1. The van der Waals surface area contributed by atoms with Crippen LogP contribution >= 0.6 is 23.2 Å². The molecular formula is C25H22Cl2F3N3O5. The van der Waals surface area contributed by atoms with Crippen LogP contribution in [-0.2, 0) is 22.3 Å². The van der Waals surface area contributed by atoms with Crippen molar-refractivity contribution in [1.29, 1.82) is 0 Å². The van der Waals surface area contributed by atoms with Crippen molar-refractivity contribution in [3.05, 3.63) is 63.1 Å². The summed E-state index contributed by atoms with van der Waals surface area (Å²) >= 11 is 12.6. The van der Waals surface area contributed by atoms with Gasteiger partial charge in [0.25, 0.3) is 0 Å². The molecule has 0 radical (unpaired) electrons. The lowest BCUT2D eigenvalue weighted by atomic mass is 10.1. The maximum Gasteiger partial charge on any atom is 0.416 e. The summed E-state index contributed by atoms with van der Waals surface area (Å²) in [4.78, 5) is 27.3. The quantitative estimate of drug-likeness (QED) is 0.239. The van der Waals surface area contributed by atoms with Crippen LogP contribution in [0.25, 0.3) is 11.3 Å². The molecule has 0 bridgehead atoms. The zero-order valence-corrected chi connectivity index (χ0v) is 21.3. The van der Waals surface area contributed by atoms with Crippen LogP contribution in [0.15, 0.2) is 35.1 Å². The number of anilines is 1. The van der Waals surface area contributed by atoms with E-state index in [1.54, 1.807) is 0 Å². The van der Waals surface area contributed by atoms with Crippen molar-refractivity contribution < 1.29 is 37.1 Å². The molecule has 3 aromatic rings. The number of amides is 1. The van der Waals surface area contributed by atoms with Crippen molar-refractivity contribution in [1.82, 2.24) is 10.1 Å². The molecule has 38 heavy (non-hydrogen) atoms. The lowest BCUT2D eigenvalue weighted by Gasteiger charge is -2.12. The first-order chi connectivity index (χ1) is 18.0. The molecule has 1 fully saturated rings. The average Bonchev–Trinajstić information content (AvgIpc) is 3.61. The number of halogens is 5. The second-order valence-corrected chi connectivity index (χ2v) is 9.60. The number of aromatic carboxylic acids is 1. The lowest BCUT2D eigenvalue weighted by molar-refractivity contribution is -0.137. The normalized spacial score (nSPS) is 13.5. The fourth-order valence-electron chi connectivity index (χ4n) is 3.84. The van der Waals surface area contributed by atoms with Crippen LogP contribution < -0.4 is 5.32 Å². The molecule has 1 saturated carbocycles. The highest BCUT2D eigenvalue weighted by molar-refractivity contribution is 6.38. The van der Waals surface area contributed by atoms with E-state index in [9.17, 15) is 22.8 Å². The number of hydrogen-bond donors (Lipinski definition) is 2. The number of aromatic nitrogens is 2. The molecule has 0 unspecified atom stereocenters. The first-order valence-electron chi connectivity index (χ1n) is 11.7. The van der Waals surface area contributed by atoms with Crippen LogP contribution in [0.2, 0.25) is 10.0 Å². The van der Waals surface area contributed by atoms with Gasteiger partial charge in [0.15, 0.2) is 0 Å². The molecule has 0 aliphatic heterocycles. The van der Waals surface area contributed by atoms with Crippen molar-refractivity contribution >= 4 is 40.8 Å². The summed E-state index contributed by atoms with van der Waals surface area (Å²) in [5.74, 6) is -1.08. The number of alkyl halides is 3. The monoisotopic (exact) mass is 571 g/mol. The van der Waals surface area contributed by atoms with E-state index in [0.717, 1.165) is 30.2 Å². The zero-order valence-electron chi connectivity index (χ0n) is 19.8. The van der Waals surface area contributed by atoms with E-state index >= 15 is 0 Å². The number of benzene rings is 1. The van der Waals surface area contributed by atoms with Crippen molar-refractivity contribution in [3.8, 4) is 11.3 Å². The van der Waals surface area contributed by atoms with E-state index in [1.165, 1.54) is 12.4 Å². The highest BCUT2D eigenvalue weighted by Crippen LogP contribution is 2.46. The standard InChI is InChI=1S/C25H22Cl2F3N3O5/c26-18-10-31-11-19(27)21(18)22-17(23(38-33-22)13-4-5-13)12-37-6-2-1-3-20(34)32-16-8-14(24(35)36)7-15(9-16)25(28,29)30/h7-11,13H,1-6,12H2,(H,32,34)(H,35,36). The Morgan fingerprint density at radius 1 is 1.13 bits per heavy atom. The summed E-state index contributed by atoms with van der Waals surface area (Å²) in [6.45, 7) is 0.487. The lowest BCUT2D eigenvalue weighted by Crippen LogP contribution is -2.14. The predicted octanol–water partition coefficient (Wildman–Crippen LogP) is 6.96. The fourth-order valence-corrected chi connectivity index (χ4v) is 4.38. The van der Waals surface area contributed by atoms with Crippen molar-refractivity contribution in [3.63, 3.8) is 0 Å². The number of unbranched alkanes of at least 4 members (excludes halogenated alkanes) is 1. The molecule has 1 aliphatic rings. The first-order valence-corrected chi connectivity index (χ1v) is 12.4. The minimum absolute atomic E-state index is 0.0100. The van der Waals surface area contributed by atoms with E-state index in [4.69, 9.17) is 37.6 Å². The molecule has 1 amide bonds. The largest absolute Gasteiger partial charge is 0.478 e. The van der Waals surface area contributed by atoms with Gasteiger partial charge in [-0.2, -0.15) is 13.2 Å². The summed E-state index contributed by atoms with van der Waals surface area (Å²) in [7, 11) is 0. The third kappa shape index (κ3) is 6.83. The topological polar surface area (TPSA) is 115 Å². The van der Waals surface area contributed by atoms with E-state index in [-0.39, 0.29) is 24.6 Å². The number of carbonyl (C=O) groups is 2.